The average molecular weight is 204 g/mol. The molecule has 1 aromatic carbocycles. The highest BCUT2D eigenvalue weighted by Crippen LogP contribution is 2.20. The van der Waals surface area contributed by atoms with Crippen molar-refractivity contribution in [3.05, 3.63) is 35.4 Å². The van der Waals surface area contributed by atoms with Gasteiger partial charge in [0.2, 0.25) is 5.91 Å². The van der Waals surface area contributed by atoms with Crippen molar-refractivity contribution in [3.63, 3.8) is 0 Å². The molecule has 3 heteroatoms. The minimum atomic E-state index is -0.122. The van der Waals surface area contributed by atoms with Crippen molar-refractivity contribution >= 4 is 17.3 Å². The molecule has 0 aliphatic rings. The molecular weight excluding hydrogens is 188 g/mol. The van der Waals surface area contributed by atoms with Gasteiger partial charge in [-0.05, 0) is 38.5 Å². The van der Waals surface area contributed by atoms with Gasteiger partial charge in [-0.3, -0.25) is 4.79 Å². The van der Waals surface area contributed by atoms with E-state index >= 15 is 0 Å². The van der Waals surface area contributed by atoms with Gasteiger partial charge in [-0.2, -0.15) is 0 Å². The summed E-state index contributed by atoms with van der Waals surface area (Å²) in [6, 6.07) is 5.47. The van der Waals surface area contributed by atoms with E-state index in [1.54, 1.807) is 6.08 Å². The van der Waals surface area contributed by atoms with Gasteiger partial charge in [0, 0.05) is 17.5 Å². The Balaban J connectivity index is 2.86. The number of hydrogen-bond donors (Lipinski definition) is 2. The van der Waals surface area contributed by atoms with Crippen LogP contribution in [0.15, 0.2) is 29.8 Å². The number of benzene rings is 1. The topological polar surface area (TPSA) is 55.1 Å². The predicted octanol–water partition coefficient (Wildman–Crippen LogP) is 2.48. The molecule has 0 aromatic heterocycles. The molecule has 1 amide bonds. The van der Waals surface area contributed by atoms with Crippen molar-refractivity contribution in [1.82, 2.24) is 0 Å². The predicted molar refractivity (Wildman–Crippen MR) is 63.7 cm³/mol. The van der Waals surface area contributed by atoms with Gasteiger partial charge in [0.1, 0.15) is 0 Å². The lowest BCUT2D eigenvalue weighted by molar-refractivity contribution is -0.111. The van der Waals surface area contributed by atoms with Crippen LogP contribution in [0.5, 0.6) is 0 Å². The Morgan fingerprint density at radius 3 is 2.67 bits per heavy atom. The summed E-state index contributed by atoms with van der Waals surface area (Å²) in [5.74, 6) is -0.122. The summed E-state index contributed by atoms with van der Waals surface area (Å²) < 4.78 is 0. The Bertz CT molecular complexity index is 404. The van der Waals surface area contributed by atoms with E-state index in [2.05, 4.69) is 5.32 Å². The molecule has 3 nitrogen and oxygen atoms in total. The summed E-state index contributed by atoms with van der Waals surface area (Å²) in [5, 5.41) is 2.79. The molecule has 15 heavy (non-hydrogen) atoms. The van der Waals surface area contributed by atoms with Crippen LogP contribution >= 0.6 is 0 Å². The standard InChI is InChI=1S/C12H16N2O/c1-8(2)7-12(15)14-11-6-4-5-10(13)9(11)3/h4-7H,13H2,1-3H3,(H,14,15). The third-order valence-electron chi connectivity index (χ3n) is 2.05. The molecule has 0 atom stereocenters. The van der Waals surface area contributed by atoms with E-state index in [1.165, 1.54) is 0 Å². The van der Waals surface area contributed by atoms with Gasteiger partial charge in [-0.25, -0.2) is 0 Å². The van der Waals surface area contributed by atoms with Gasteiger partial charge >= 0.3 is 0 Å². The highest BCUT2D eigenvalue weighted by molar-refractivity contribution is 6.00. The maximum Gasteiger partial charge on any atom is 0.248 e. The largest absolute Gasteiger partial charge is 0.398 e. The summed E-state index contributed by atoms with van der Waals surface area (Å²) >= 11 is 0. The monoisotopic (exact) mass is 204 g/mol. The van der Waals surface area contributed by atoms with Crippen LogP contribution in [0.4, 0.5) is 11.4 Å². The number of carbonyl (C=O) groups is 1. The molecule has 1 rings (SSSR count). The smallest absolute Gasteiger partial charge is 0.248 e. The van der Waals surface area contributed by atoms with Gasteiger partial charge in [0.25, 0.3) is 0 Å². The molecule has 0 aliphatic carbocycles. The molecule has 0 saturated heterocycles. The molecule has 0 unspecified atom stereocenters. The fraction of sp³-hybridized carbons (Fsp3) is 0.250. The third kappa shape index (κ3) is 3.13. The van der Waals surface area contributed by atoms with E-state index in [0.29, 0.717) is 5.69 Å². The van der Waals surface area contributed by atoms with Gasteiger partial charge in [-0.1, -0.05) is 11.6 Å². The highest BCUT2D eigenvalue weighted by Gasteiger charge is 2.03. The second-order valence-corrected chi connectivity index (χ2v) is 3.73. The first-order valence-electron chi connectivity index (χ1n) is 4.81. The molecule has 0 bridgehead atoms. The summed E-state index contributed by atoms with van der Waals surface area (Å²) in [6.45, 7) is 5.64. The minimum Gasteiger partial charge on any atom is -0.398 e. The van der Waals surface area contributed by atoms with E-state index in [0.717, 1.165) is 16.8 Å². The Morgan fingerprint density at radius 2 is 2.07 bits per heavy atom. The zero-order valence-electron chi connectivity index (χ0n) is 9.29. The van der Waals surface area contributed by atoms with Crippen LogP contribution in [0, 0.1) is 6.92 Å². The summed E-state index contributed by atoms with van der Waals surface area (Å²) in [6.07, 6.45) is 1.56. The number of nitrogens with one attached hydrogen (secondary N) is 1. The van der Waals surface area contributed by atoms with Crippen LogP contribution in [0.2, 0.25) is 0 Å². The Kier molecular flexibility index (Phi) is 3.50. The van der Waals surface area contributed by atoms with E-state index in [-0.39, 0.29) is 5.91 Å². The zero-order valence-corrected chi connectivity index (χ0v) is 9.29. The van der Waals surface area contributed by atoms with Gasteiger partial charge in [0.15, 0.2) is 0 Å². The Labute approximate surface area is 90.0 Å². The number of carbonyl (C=O) groups excluding carboxylic acids is 1. The Morgan fingerprint density at radius 1 is 1.40 bits per heavy atom. The third-order valence-corrected chi connectivity index (χ3v) is 2.05. The van der Waals surface area contributed by atoms with Crippen molar-refractivity contribution in [3.8, 4) is 0 Å². The number of anilines is 2. The first-order valence-corrected chi connectivity index (χ1v) is 4.81. The van der Waals surface area contributed by atoms with Crippen molar-refractivity contribution in [1.29, 1.82) is 0 Å². The van der Waals surface area contributed by atoms with Crippen LogP contribution in [0.25, 0.3) is 0 Å². The fourth-order valence-corrected chi connectivity index (χ4v) is 1.22. The first kappa shape index (κ1) is 11.3. The normalized spacial score (nSPS) is 9.53. The number of rotatable bonds is 2. The van der Waals surface area contributed by atoms with Crippen LogP contribution in [-0.2, 0) is 4.79 Å². The van der Waals surface area contributed by atoms with Crippen molar-refractivity contribution in [2.24, 2.45) is 0 Å². The van der Waals surface area contributed by atoms with Gasteiger partial charge in [-0.15, -0.1) is 0 Å². The van der Waals surface area contributed by atoms with Crippen molar-refractivity contribution in [2.75, 3.05) is 11.1 Å². The molecule has 80 valence electrons. The summed E-state index contributed by atoms with van der Waals surface area (Å²) in [7, 11) is 0. The van der Waals surface area contributed by atoms with Crippen LogP contribution in [0.1, 0.15) is 19.4 Å². The zero-order chi connectivity index (χ0) is 11.4. The molecule has 0 aliphatic heterocycles. The molecule has 0 heterocycles. The lowest BCUT2D eigenvalue weighted by atomic mass is 10.1. The number of nitrogen functional groups attached to an aromatic ring is 1. The van der Waals surface area contributed by atoms with Crippen molar-refractivity contribution in [2.45, 2.75) is 20.8 Å². The maximum atomic E-state index is 11.5. The lowest BCUT2D eigenvalue weighted by Crippen LogP contribution is -2.10. The number of nitrogens with two attached hydrogens (primary N) is 1. The van der Waals surface area contributed by atoms with Crippen LogP contribution in [-0.4, -0.2) is 5.91 Å². The molecule has 0 radical (unpaired) electrons. The lowest BCUT2D eigenvalue weighted by Gasteiger charge is -2.08. The highest BCUT2D eigenvalue weighted by atomic mass is 16.1. The molecule has 0 saturated carbocycles. The molecule has 0 fully saturated rings. The quantitative estimate of drug-likeness (QED) is 0.574. The van der Waals surface area contributed by atoms with E-state index in [1.807, 2.05) is 39.0 Å². The first-order chi connectivity index (χ1) is 7.00. The SMILES string of the molecule is CC(C)=CC(=O)Nc1cccc(N)c1C. The number of amides is 1. The van der Waals surface area contributed by atoms with Gasteiger partial charge in [0.05, 0.1) is 0 Å². The number of allylic oxidation sites excluding steroid dienone is 1. The van der Waals surface area contributed by atoms with Crippen LogP contribution < -0.4 is 11.1 Å². The van der Waals surface area contributed by atoms with E-state index in [9.17, 15) is 4.79 Å². The second-order valence-electron chi connectivity index (χ2n) is 3.73. The molecule has 1 aromatic rings. The molecular formula is C12H16N2O. The fourth-order valence-electron chi connectivity index (χ4n) is 1.22. The maximum absolute atomic E-state index is 11.5. The summed E-state index contributed by atoms with van der Waals surface area (Å²) in [5.41, 5.74) is 9.04. The molecule has 3 N–H and O–H groups in total. The molecule has 0 spiro atoms. The van der Waals surface area contributed by atoms with E-state index < -0.39 is 0 Å². The van der Waals surface area contributed by atoms with E-state index in [4.69, 9.17) is 5.73 Å². The minimum absolute atomic E-state index is 0.122. The van der Waals surface area contributed by atoms with Gasteiger partial charge < -0.3 is 11.1 Å². The summed E-state index contributed by atoms with van der Waals surface area (Å²) in [4.78, 5) is 11.5. The van der Waals surface area contributed by atoms with Crippen LogP contribution in [0.3, 0.4) is 0 Å². The van der Waals surface area contributed by atoms with Crippen molar-refractivity contribution < 1.29 is 4.79 Å². The average Bonchev–Trinajstić information content (AvgIpc) is 2.11. The number of hydrogen-bond acceptors (Lipinski definition) is 2. The second kappa shape index (κ2) is 4.64. The Hall–Kier alpha value is -1.77.